The molecule has 11 atom stereocenters. The summed E-state index contributed by atoms with van der Waals surface area (Å²) in [5.41, 5.74) is 0.830. The molecule has 8 fully saturated rings. The number of amides is 2. The van der Waals surface area contributed by atoms with Gasteiger partial charge in [-0.2, -0.15) is 13.2 Å². The minimum absolute atomic E-state index is 0.0377. The molecule has 3 heterocycles. The summed E-state index contributed by atoms with van der Waals surface area (Å²) < 4.78 is 57.1. The fourth-order valence-corrected chi connectivity index (χ4v) is 13.2. The predicted molar refractivity (Wildman–Crippen MR) is 177 cm³/mol. The van der Waals surface area contributed by atoms with Gasteiger partial charge in [-0.1, -0.05) is 34.6 Å². The molecule has 49 heavy (non-hydrogen) atoms. The van der Waals surface area contributed by atoms with E-state index >= 15 is 0 Å². The lowest BCUT2D eigenvalue weighted by atomic mass is 9.46. The molecule has 5 aliphatic carbocycles. The van der Waals surface area contributed by atoms with Crippen LogP contribution in [0.2, 0.25) is 0 Å². The van der Waals surface area contributed by atoms with E-state index in [-0.39, 0.29) is 72.5 Å². The maximum atomic E-state index is 13.1. The molecule has 0 radical (unpaired) electrons. The zero-order chi connectivity index (χ0) is 34.7. The number of rotatable bonds is 6. The van der Waals surface area contributed by atoms with E-state index in [4.69, 9.17) is 14.2 Å². The third kappa shape index (κ3) is 5.34. The SMILES string of the molecule is CC(C)[C@@H](OC(=O)N1CCC1)C1CCC2C(CC3C4CC[C@H]5C(C)(C)[C@@H](OC(=O)N6CC(NCC(F)(F)F)C6)CC[C@@]56C[C@@]46CC[C@]23C)O1. The Kier molecular flexibility index (Phi) is 8.15. The fourth-order valence-electron chi connectivity index (χ4n) is 13.2. The van der Waals surface area contributed by atoms with Crippen molar-refractivity contribution in [1.82, 2.24) is 15.1 Å². The van der Waals surface area contributed by atoms with Crippen LogP contribution in [0.4, 0.5) is 22.8 Å². The van der Waals surface area contributed by atoms with E-state index in [2.05, 4.69) is 39.9 Å². The Bertz CT molecular complexity index is 1320. The van der Waals surface area contributed by atoms with Gasteiger partial charge in [-0.25, -0.2) is 9.59 Å². The van der Waals surface area contributed by atoms with E-state index in [1.165, 1.54) is 30.6 Å². The number of carbonyl (C=O) groups excluding carboxylic acids is 2. The van der Waals surface area contributed by atoms with E-state index < -0.39 is 12.7 Å². The average molecular weight is 694 g/mol. The standard InChI is InChI=1S/C38H58F3N3O5/c1-22(2)31(49-32(45)43-15-6-16-43)27-9-7-25-28(47-27)17-26-24-8-10-29-34(3,4)30(11-12-37(29)20-36(24,37)14-13-35(25,26)5)48-33(46)44-18-23(19-44)42-21-38(39,40)41/h22-31,42H,6-21H2,1-5H3/t24?,25?,26?,27?,28?,29-,30-,31+,35+,36-,37+/m0/s1. The van der Waals surface area contributed by atoms with Crippen molar-refractivity contribution in [3.05, 3.63) is 0 Å². The number of likely N-dealkylation sites (tertiary alicyclic amines) is 2. The Balaban J connectivity index is 0.911. The van der Waals surface area contributed by atoms with Crippen LogP contribution in [0.3, 0.4) is 0 Å². The molecule has 5 saturated carbocycles. The highest BCUT2D eigenvalue weighted by Gasteiger charge is 2.81. The molecule has 8 aliphatic rings. The van der Waals surface area contributed by atoms with Crippen LogP contribution in [-0.2, 0) is 14.2 Å². The average Bonchev–Trinajstić information content (AvgIpc) is 3.54. The minimum atomic E-state index is -4.26. The summed E-state index contributed by atoms with van der Waals surface area (Å²) in [4.78, 5) is 29.2. The highest BCUT2D eigenvalue weighted by molar-refractivity contribution is 5.69. The Morgan fingerprint density at radius 2 is 1.63 bits per heavy atom. The molecule has 2 spiro atoms. The minimum Gasteiger partial charge on any atom is -0.446 e. The van der Waals surface area contributed by atoms with Crippen LogP contribution in [0, 0.1) is 51.2 Å². The normalized spacial score (nSPS) is 44.3. The largest absolute Gasteiger partial charge is 0.446 e. The molecule has 3 aliphatic heterocycles. The second kappa shape index (κ2) is 11.6. The molecule has 5 unspecified atom stereocenters. The zero-order valence-electron chi connectivity index (χ0n) is 30.2. The number of halogens is 3. The smallest absolute Gasteiger partial charge is 0.410 e. The van der Waals surface area contributed by atoms with Gasteiger partial charge in [0.15, 0.2) is 0 Å². The number of ether oxygens (including phenoxy) is 3. The third-order valence-corrected chi connectivity index (χ3v) is 15.9. The van der Waals surface area contributed by atoms with Crippen molar-refractivity contribution in [2.45, 2.75) is 142 Å². The number of alkyl halides is 3. The molecule has 8 rings (SSSR count). The second-order valence-corrected chi connectivity index (χ2v) is 18.7. The van der Waals surface area contributed by atoms with Crippen molar-refractivity contribution in [1.29, 1.82) is 0 Å². The maximum Gasteiger partial charge on any atom is 0.410 e. The Labute approximate surface area is 289 Å². The summed E-state index contributed by atoms with van der Waals surface area (Å²) in [7, 11) is 0. The van der Waals surface area contributed by atoms with Gasteiger partial charge in [-0.15, -0.1) is 0 Å². The quantitative estimate of drug-likeness (QED) is 0.313. The van der Waals surface area contributed by atoms with Crippen molar-refractivity contribution in [2.75, 3.05) is 32.7 Å². The van der Waals surface area contributed by atoms with Crippen LogP contribution >= 0.6 is 0 Å². The maximum absolute atomic E-state index is 13.1. The first-order chi connectivity index (χ1) is 23.1. The highest BCUT2D eigenvalue weighted by atomic mass is 19.4. The number of nitrogens with one attached hydrogen (secondary N) is 1. The number of carbonyl (C=O) groups is 2. The zero-order valence-corrected chi connectivity index (χ0v) is 30.2. The molecule has 8 nitrogen and oxygen atoms in total. The van der Waals surface area contributed by atoms with Gasteiger partial charge in [0.25, 0.3) is 0 Å². The topological polar surface area (TPSA) is 80.3 Å². The molecular formula is C38H58F3N3O5. The van der Waals surface area contributed by atoms with Gasteiger partial charge in [-0.05, 0) is 116 Å². The van der Waals surface area contributed by atoms with Crippen molar-refractivity contribution < 1.29 is 37.0 Å². The molecule has 11 heteroatoms. The van der Waals surface area contributed by atoms with Gasteiger partial charge in [0, 0.05) is 37.6 Å². The summed E-state index contributed by atoms with van der Waals surface area (Å²) in [5, 5.41) is 2.50. The van der Waals surface area contributed by atoms with E-state index in [0.29, 0.717) is 34.5 Å². The lowest BCUT2D eigenvalue weighted by Crippen LogP contribution is -2.62. The van der Waals surface area contributed by atoms with Crippen molar-refractivity contribution >= 4 is 12.2 Å². The van der Waals surface area contributed by atoms with Crippen LogP contribution in [0.1, 0.15) is 105 Å². The molecule has 0 bridgehead atoms. The number of hydrogen-bond donors (Lipinski definition) is 1. The van der Waals surface area contributed by atoms with Crippen molar-refractivity contribution in [3.8, 4) is 0 Å². The number of nitrogens with zero attached hydrogens (tertiary/aromatic N) is 2. The first kappa shape index (κ1) is 34.3. The molecule has 1 N–H and O–H groups in total. The van der Waals surface area contributed by atoms with E-state index in [9.17, 15) is 22.8 Å². The Morgan fingerprint density at radius 1 is 0.898 bits per heavy atom. The van der Waals surface area contributed by atoms with Crippen LogP contribution < -0.4 is 5.32 Å². The second-order valence-electron chi connectivity index (χ2n) is 18.7. The van der Waals surface area contributed by atoms with Crippen LogP contribution in [0.15, 0.2) is 0 Å². The van der Waals surface area contributed by atoms with Gasteiger partial charge in [0.2, 0.25) is 0 Å². The van der Waals surface area contributed by atoms with Crippen molar-refractivity contribution in [2.24, 2.45) is 51.2 Å². The molecular weight excluding hydrogens is 635 g/mol. The molecule has 0 aromatic carbocycles. The van der Waals surface area contributed by atoms with Crippen LogP contribution in [0.25, 0.3) is 0 Å². The number of fused-ring (bicyclic) bond motifs is 4. The van der Waals surface area contributed by atoms with Gasteiger partial charge < -0.3 is 29.3 Å². The summed E-state index contributed by atoms with van der Waals surface area (Å²) in [5.74, 6) is 2.63. The third-order valence-electron chi connectivity index (χ3n) is 15.9. The summed E-state index contributed by atoms with van der Waals surface area (Å²) in [6, 6.07) is -0.338. The molecule has 2 amide bonds. The van der Waals surface area contributed by atoms with E-state index in [1.807, 2.05) is 0 Å². The molecule has 3 saturated heterocycles. The Hall–Kier alpha value is -1.75. The summed E-state index contributed by atoms with van der Waals surface area (Å²) in [6.45, 7) is 12.5. The Morgan fingerprint density at radius 3 is 2.31 bits per heavy atom. The van der Waals surface area contributed by atoms with Gasteiger partial charge in [0.1, 0.15) is 12.2 Å². The lowest BCUT2D eigenvalue weighted by Gasteiger charge is -2.59. The first-order valence-electron chi connectivity index (χ1n) is 19.4. The fraction of sp³-hybridized carbons (Fsp3) is 0.947. The van der Waals surface area contributed by atoms with Gasteiger partial charge in [-0.3, -0.25) is 0 Å². The first-order valence-corrected chi connectivity index (χ1v) is 19.4. The predicted octanol–water partition coefficient (Wildman–Crippen LogP) is 7.40. The van der Waals surface area contributed by atoms with Crippen LogP contribution in [-0.4, -0.2) is 91.3 Å². The van der Waals surface area contributed by atoms with Gasteiger partial charge in [0.05, 0.1) is 18.8 Å². The molecule has 276 valence electrons. The summed E-state index contributed by atoms with van der Waals surface area (Å²) in [6.07, 6.45) is 7.45. The van der Waals surface area contributed by atoms with Crippen LogP contribution in [0.5, 0.6) is 0 Å². The number of hydrogen-bond acceptors (Lipinski definition) is 6. The van der Waals surface area contributed by atoms with E-state index in [0.717, 1.165) is 58.0 Å². The van der Waals surface area contributed by atoms with E-state index in [1.54, 1.807) is 4.90 Å². The molecule has 0 aromatic heterocycles. The summed E-state index contributed by atoms with van der Waals surface area (Å²) >= 11 is 0. The monoisotopic (exact) mass is 693 g/mol. The van der Waals surface area contributed by atoms with Crippen molar-refractivity contribution in [3.63, 3.8) is 0 Å². The molecule has 0 aromatic rings. The lowest BCUT2D eigenvalue weighted by molar-refractivity contribution is -0.151. The highest BCUT2D eigenvalue weighted by Crippen LogP contribution is 2.87. The van der Waals surface area contributed by atoms with Gasteiger partial charge >= 0.3 is 18.4 Å².